The van der Waals surface area contributed by atoms with Crippen LogP contribution in [-0.4, -0.2) is 10.9 Å². The molecule has 0 aliphatic carbocycles. The van der Waals surface area contributed by atoms with Gasteiger partial charge in [0, 0.05) is 27.7 Å². The number of hydrogen-bond donors (Lipinski definition) is 1. The van der Waals surface area contributed by atoms with Crippen molar-refractivity contribution in [3.8, 4) is 0 Å². The maximum Gasteiger partial charge on any atom is 0.256 e. The first-order valence-electron chi connectivity index (χ1n) is 5.28. The third-order valence-electron chi connectivity index (χ3n) is 2.65. The Morgan fingerprint density at radius 1 is 1.35 bits per heavy atom. The number of fused-ring (bicyclic) bond motifs is 1. The van der Waals surface area contributed by atoms with Crippen molar-refractivity contribution in [2.24, 2.45) is 0 Å². The number of rotatable bonds is 1. The minimum atomic E-state index is -0.0564. The molecule has 0 saturated carbocycles. The third-order valence-corrected chi connectivity index (χ3v) is 3.60. The standard InChI is InChI=1S/C13H10N2OS/c1-8-2-3-9(17-8)6-10-11-7-14-5-4-12(11)15-13(10)16/h2-7H,1H3,(H,15,16). The van der Waals surface area contributed by atoms with Gasteiger partial charge in [-0.05, 0) is 31.2 Å². The van der Waals surface area contributed by atoms with E-state index in [0.717, 1.165) is 16.1 Å². The largest absolute Gasteiger partial charge is 0.321 e. The van der Waals surface area contributed by atoms with Gasteiger partial charge in [0.05, 0.1) is 11.3 Å². The molecule has 84 valence electrons. The molecule has 0 saturated heterocycles. The Bertz CT molecular complexity index is 628. The van der Waals surface area contributed by atoms with Gasteiger partial charge in [0.2, 0.25) is 0 Å². The number of nitrogens with one attached hydrogen (secondary N) is 1. The van der Waals surface area contributed by atoms with Crippen LogP contribution >= 0.6 is 11.3 Å². The monoisotopic (exact) mass is 242 g/mol. The van der Waals surface area contributed by atoms with E-state index in [-0.39, 0.29) is 5.91 Å². The highest BCUT2D eigenvalue weighted by molar-refractivity contribution is 7.12. The normalized spacial score (nSPS) is 16.1. The summed E-state index contributed by atoms with van der Waals surface area (Å²) >= 11 is 1.67. The van der Waals surface area contributed by atoms with Gasteiger partial charge in [-0.25, -0.2) is 0 Å². The van der Waals surface area contributed by atoms with Crippen molar-refractivity contribution in [3.05, 3.63) is 45.9 Å². The second-order valence-corrected chi connectivity index (χ2v) is 5.20. The zero-order chi connectivity index (χ0) is 11.8. The first-order valence-corrected chi connectivity index (χ1v) is 6.09. The smallest absolute Gasteiger partial charge is 0.256 e. The summed E-state index contributed by atoms with van der Waals surface area (Å²) < 4.78 is 0. The van der Waals surface area contributed by atoms with Crippen LogP contribution < -0.4 is 5.32 Å². The van der Waals surface area contributed by atoms with Gasteiger partial charge in [-0.15, -0.1) is 11.3 Å². The molecule has 3 heterocycles. The molecule has 3 rings (SSSR count). The molecule has 0 fully saturated rings. The Labute approximate surface area is 103 Å². The van der Waals surface area contributed by atoms with E-state index in [1.807, 2.05) is 24.3 Å². The molecular formula is C13H10N2OS. The van der Waals surface area contributed by atoms with E-state index in [2.05, 4.69) is 17.2 Å². The van der Waals surface area contributed by atoms with Crippen molar-refractivity contribution in [1.29, 1.82) is 0 Å². The van der Waals surface area contributed by atoms with E-state index in [4.69, 9.17) is 0 Å². The number of carbonyl (C=O) groups excluding carboxylic acids is 1. The van der Waals surface area contributed by atoms with Gasteiger partial charge in [0.1, 0.15) is 0 Å². The molecule has 1 aliphatic heterocycles. The van der Waals surface area contributed by atoms with Crippen LogP contribution in [0.1, 0.15) is 15.3 Å². The summed E-state index contributed by atoms with van der Waals surface area (Å²) in [6.45, 7) is 2.05. The van der Waals surface area contributed by atoms with Crippen LogP contribution in [0.25, 0.3) is 11.6 Å². The fourth-order valence-corrected chi connectivity index (χ4v) is 2.67. The van der Waals surface area contributed by atoms with Gasteiger partial charge in [0.15, 0.2) is 0 Å². The number of carbonyl (C=O) groups is 1. The lowest BCUT2D eigenvalue weighted by Crippen LogP contribution is -2.03. The predicted molar refractivity (Wildman–Crippen MR) is 69.8 cm³/mol. The number of aryl methyl sites for hydroxylation is 1. The lowest BCUT2D eigenvalue weighted by atomic mass is 10.1. The highest BCUT2D eigenvalue weighted by Gasteiger charge is 2.23. The number of nitrogens with zero attached hydrogens (tertiary/aromatic N) is 1. The maximum atomic E-state index is 11.8. The Morgan fingerprint density at radius 3 is 3.00 bits per heavy atom. The van der Waals surface area contributed by atoms with Gasteiger partial charge < -0.3 is 5.32 Å². The minimum Gasteiger partial charge on any atom is -0.321 e. The van der Waals surface area contributed by atoms with Crippen LogP contribution in [0.5, 0.6) is 0 Å². The molecule has 0 aromatic carbocycles. The molecule has 1 aliphatic rings. The molecule has 2 aromatic rings. The second kappa shape index (κ2) is 3.82. The van der Waals surface area contributed by atoms with Crippen LogP contribution in [0.15, 0.2) is 30.6 Å². The average Bonchev–Trinajstić information content (AvgIpc) is 2.85. The summed E-state index contributed by atoms with van der Waals surface area (Å²) in [4.78, 5) is 18.2. The highest BCUT2D eigenvalue weighted by Crippen LogP contribution is 2.33. The third kappa shape index (κ3) is 1.76. The average molecular weight is 242 g/mol. The van der Waals surface area contributed by atoms with E-state index < -0.39 is 0 Å². The van der Waals surface area contributed by atoms with Crippen molar-refractivity contribution in [1.82, 2.24) is 4.98 Å². The lowest BCUT2D eigenvalue weighted by Gasteiger charge is -1.95. The van der Waals surface area contributed by atoms with Gasteiger partial charge in [-0.2, -0.15) is 0 Å². The molecule has 3 nitrogen and oxygen atoms in total. The van der Waals surface area contributed by atoms with Crippen molar-refractivity contribution < 1.29 is 4.79 Å². The fraction of sp³-hybridized carbons (Fsp3) is 0.0769. The minimum absolute atomic E-state index is 0.0564. The quantitative estimate of drug-likeness (QED) is 0.781. The first kappa shape index (κ1) is 10.2. The SMILES string of the molecule is Cc1ccc(C=C2C(=O)Nc3ccncc32)s1. The molecule has 0 unspecified atom stereocenters. The summed E-state index contributed by atoms with van der Waals surface area (Å²) in [6.07, 6.45) is 5.32. The second-order valence-electron chi connectivity index (χ2n) is 3.88. The summed E-state index contributed by atoms with van der Waals surface area (Å²) in [6, 6.07) is 5.89. The predicted octanol–water partition coefficient (Wildman–Crippen LogP) is 2.94. The maximum absolute atomic E-state index is 11.8. The molecule has 2 aromatic heterocycles. The molecule has 4 heteroatoms. The van der Waals surface area contributed by atoms with Crippen LogP contribution in [0, 0.1) is 6.92 Å². The molecule has 0 radical (unpaired) electrons. The topological polar surface area (TPSA) is 42.0 Å². The van der Waals surface area contributed by atoms with Crippen LogP contribution in [0.3, 0.4) is 0 Å². The molecule has 0 spiro atoms. The number of hydrogen-bond acceptors (Lipinski definition) is 3. The number of thiophene rings is 1. The number of amides is 1. The Morgan fingerprint density at radius 2 is 2.24 bits per heavy atom. The fourth-order valence-electron chi connectivity index (χ4n) is 1.85. The molecule has 0 bridgehead atoms. The Balaban J connectivity index is 2.09. The molecule has 0 atom stereocenters. The first-order chi connectivity index (χ1) is 8.24. The van der Waals surface area contributed by atoms with E-state index in [1.54, 1.807) is 23.7 Å². The molecule has 17 heavy (non-hydrogen) atoms. The molecule has 1 amide bonds. The van der Waals surface area contributed by atoms with Gasteiger partial charge in [-0.3, -0.25) is 9.78 Å². The van der Waals surface area contributed by atoms with Gasteiger partial charge >= 0.3 is 0 Å². The van der Waals surface area contributed by atoms with E-state index in [9.17, 15) is 4.79 Å². The Kier molecular flexibility index (Phi) is 2.30. The number of anilines is 1. The zero-order valence-corrected chi connectivity index (χ0v) is 10.0. The van der Waals surface area contributed by atoms with E-state index >= 15 is 0 Å². The summed E-state index contributed by atoms with van der Waals surface area (Å²) in [5.74, 6) is -0.0564. The molecular weight excluding hydrogens is 232 g/mol. The Hall–Kier alpha value is -1.94. The van der Waals surface area contributed by atoms with Gasteiger partial charge in [0.25, 0.3) is 5.91 Å². The molecule has 1 N–H and O–H groups in total. The van der Waals surface area contributed by atoms with Crippen LogP contribution in [0.2, 0.25) is 0 Å². The summed E-state index contributed by atoms with van der Waals surface area (Å²) in [7, 11) is 0. The van der Waals surface area contributed by atoms with Crippen molar-refractivity contribution >= 4 is 34.6 Å². The van der Waals surface area contributed by atoms with Crippen molar-refractivity contribution in [2.75, 3.05) is 5.32 Å². The van der Waals surface area contributed by atoms with E-state index in [0.29, 0.717) is 5.57 Å². The summed E-state index contributed by atoms with van der Waals surface area (Å²) in [5.41, 5.74) is 2.41. The number of pyridine rings is 1. The van der Waals surface area contributed by atoms with Gasteiger partial charge in [-0.1, -0.05) is 0 Å². The van der Waals surface area contributed by atoms with Crippen molar-refractivity contribution in [2.45, 2.75) is 6.92 Å². The van der Waals surface area contributed by atoms with Crippen LogP contribution in [-0.2, 0) is 4.79 Å². The van der Waals surface area contributed by atoms with Crippen molar-refractivity contribution in [3.63, 3.8) is 0 Å². The number of aromatic nitrogens is 1. The van der Waals surface area contributed by atoms with Crippen LogP contribution in [0.4, 0.5) is 5.69 Å². The zero-order valence-electron chi connectivity index (χ0n) is 9.23. The summed E-state index contributed by atoms with van der Waals surface area (Å²) in [5, 5.41) is 2.83. The van der Waals surface area contributed by atoms with E-state index in [1.165, 1.54) is 4.88 Å². The lowest BCUT2D eigenvalue weighted by molar-refractivity contribution is -0.110. The highest BCUT2D eigenvalue weighted by atomic mass is 32.1.